The third-order valence-corrected chi connectivity index (χ3v) is 13.7. The first-order valence-electron chi connectivity index (χ1n) is 29.7. The number of rotatable bonds is 54. The third kappa shape index (κ3) is 50.3. The molecule has 0 saturated carbocycles. The minimum Gasteiger partial charge on any atom is -0.462 e. The van der Waals surface area contributed by atoms with Crippen LogP contribution in [-0.2, 0) is 14.3 Å². The SMILES string of the molecule is CCCCCCCCC/C=C/C=C/CCCC(CC(=O)NC(CO)C(O)CCCCCCCCCCCCCCCCCC)OC(=O)CCCCCCC/C=C/CCCCCCCCCCC. The van der Waals surface area contributed by atoms with Crippen LogP contribution in [0.1, 0.15) is 316 Å². The summed E-state index contributed by atoms with van der Waals surface area (Å²) in [6.07, 6.45) is 66.5. The molecular formula is C61H115NO5. The van der Waals surface area contributed by atoms with Gasteiger partial charge in [-0.3, -0.25) is 9.59 Å². The molecule has 0 bridgehead atoms. The number of hydrogen-bond donors (Lipinski definition) is 3. The fraction of sp³-hybridized carbons (Fsp3) is 0.869. The van der Waals surface area contributed by atoms with Crippen molar-refractivity contribution in [2.75, 3.05) is 6.61 Å². The predicted octanol–water partition coefficient (Wildman–Crippen LogP) is 18.4. The van der Waals surface area contributed by atoms with Gasteiger partial charge in [-0.2, -0.15) is 0 Å². The summed E-state index contributed by atoms with van der Waals surface area (Å²) in [5.74, 6) is -0.516. The van der Waals surface area contributed by atoms with Crippen LogP contribution in [0.15, 0.2) is 36.5 Å². The molecule has 0 rings (SSSR count). The van der Waals surface area contributed by atoms with E-state index < -0.39 is 18.2 Å². The quantitative estimate of drug-likeness (QED) is 0.0244. The van der Waals surface area contributed by atoms with Crippen LogP contribution in [0.25, 0.3) is 0 Å². The molecule has 0 aromatic carbocycles. The molecule has 0 saturated heterocycles. The highest BCUT2D eigenvalue weighted by molar-refractivity contribution is 5.77. The van der Waals surface area contributed by atoms with E-state index in [1.165, 1.54) is 205 Å². The van der Waals surface area contributed by atoms with Gasteiger partial charge in [-0.25, -0.2) is 0 Å². The summed E-state index contributed by atoms with van der Waals surface area (Å²) < 4.78 is 5.94. The number of carbonyl (C=O) groups is 2. The van der Waals surface area contributed by atoms with Gasteiger partial charge >= 0.3 is 5.97 Å². The van der Waals surface area contributed by atoms with Crippen LogP contribution in [0.3, 0.4) is 0 Å². The molecule has 0 aliphatic rings. The Morgan fingerprint density at radius 3 is 1.18 bits per heavy atom. The molecule has 6 nitrogen and oxygen atoms in total. The number of aliphatic hydroxyl groups is 2. The molecule has 0 fully saturated rings. The Morgan fingerprint density at radius 2 is 0.776 bits per heavy atom. The lowest BCUT2D eigenvalue weighted by molar-refractivity contribution is -0.151. The van der Waals surface area contributed by atoms with Crippen LogP contribution >= 0.6 is 0 Å². The summed E-state index contributed by atoms with van der Waals surface area (Å²) in [7, 11) is 0. The molecule has 394 valence electrons. The number of allylic oxidation sites excluding steroid dienone is 6. The number of nitrogens with one attached hydrogen (secondary N) is 1. The molecule has 0 aliphatic carbocycles. The summed E-state index contributed by atoms with van der Waals surface area (Å²) in [6.45, 7) is 6.50. The Balaban J connectivity index is 4.56. The van der Waals surface area contributed by atoms with E-state index in [1.807, 2.05) is 0 Å². The second kappa shape index (κ2) is 55.0. The Morgan fingerprint density at radius 1 is 0.433 bits per heavy atom. The van der Waals surface area contributed by atoms with Crippen molar-refractivity contribution in [3.05, 3.63) is 36.5 Å². The van der Waals surface area contributed by atoms with Crippen molar-refractivity contribution in [1.82, 2.24) is 5.32 Å². The van der Waals surface area contributed by atoms with Gasteiger partial charge in [-0.05, 0) is 70.6 Å². The second-order valence-corrected chi connectivity index (χ2v) is 20.4. The number of amides is 1. The van der Waals surface area contributed by atoms with Crippen LogP contribution < -0.4 is 5.32 Å². The number of aliphatic hydroxyl groups excluding tert-OH is 2. The standard InChI is InChI=1S/C61H115NO5/c1-4-7-10-13-16-19-22-25-28-30-31-33-36-39-42-45-48-51-54-61(66)67-57(52-49-46-43-40-37-34-27-24-21-18-15-12-9-6-3)55-60(65)62-58(56-63)59(64)53-50-47-44-41-38-35-32-29-26-23-20-17-14-11-8-5-2/h31,33-34,37,40,43,57-59,63-64H,4-30,32,35-36,38-39,41-42,44-56H2,1-3H3,(H,62,65)/b33-31+,37-34+,43-40+. The first kappa shape index (κ1) is 65.1. The zero-order valence-electron chi connectivity index (χ0n) is 45.0. The van der Waals surface area contributed by atoms with Gasteiger partial charge in [0.1, 0.15) is 6.10 Å². The first-order chi connectivity index (χ1) is 33.0. The first-order valence-corrected chi connectivity index (χ1v) is 29.7. The lowest BCUT2D eigenvalue weighted by Gasteiger charge is -2.24. The number of carbonyl (C=O) groups excluding carboxylic acids is 2. The summed E-state index contributed by atoms with van der Waals surface area (Å²) in [6, 6.07) is -0.717. The van der Waals surface area contributed by atoms with E-state index in [9.17, 15) is 19.8 Å². The summed E-state index contributed by atoms with van der Waals surface area (Å²) in [5, 5.41) is 23.9. The fourth-order valence-corrected chi connectivity index (χ4v) is 9.19. The molecule has 0 heterocycles. The van der Waals surface area contributed by atoms with Crippen molar-refractivity contribution in [3.8, 4) is 0 Å². The normalized spacial score (nSPS) is 13.3. The largest absolute Gasteiger partial charge is 0.462 e. The molecule has 3 atom stereocenters. The summed E-state index contributed by atoms with van der Waals surface area (Å²) in [4.78, 5) is 26.3. The smallest absolute Gasteiger partial charge is 0.306 e. The minimum absolute atomic E-state index is 0.0444. The van der Waals surface area contributed by atoms with Crippen LogP contribution in [0.5, 0.6) is 0 Å². The summed E-state index contributed by atoms with van der Waals surface area (Å²) >= 11 is 0. The fourth-order valence-electron chi connectivity index (χ4n) is 9.19. The molecule has 3 N–H and O–H groups in total. The van der Waals surface area contributed by atoms with E-state index in [1.54, 1.807) is 0 Å². The van der Waals surface area contributed by atoms with Gasteiger partial charge in [0, 0.05) is 6.42 Å². The van der Waals surface area contributed by atoms with Crippen molar-refractivity contribution in [2.24, 2.45) is 0 Å². The maximum Gasteiger partial charge on any atom is 0.306 e. The Bertz CT molecular complexity index is 1100. The monoisotopic (exact) mass is 942 g/mol. The van der Waals surface area contributed by atoms with E-state index in [0.717, 1.165) is 64.2 Å². The van der Waals surface area contributed by atoms with Crippen LogP contribution in [0.4, 0.5) is 0 Å². The van der Waals surface area contributed by atoms with Gasteiger partial charge in [-0.1, -0.05) is 269 Å². The van der Waals surface area contributed by atoms with E-state index in [-0.39, 0.29) is 24.9 Å². The van der Waals surface area contributed by atoms with E-state index in [0.29, 0.717) is 19.3 Å². The topological polar surface area (TPSA) is 95.9 Å². The lowest BCUT2D eigenvalue weighted by atomic mass is 10.0. The van der Waals surface area contributed by atoms with E-state index >= 15 is 0 Å². The van der Waals surface area contributed by atoms with E-state index in [4.69, 9.17) is 4.74 Å². The highest BCUT2D eigenvalue weighted by Crippen LogP contribution is 2.18. The van der Waals surface area contributed by atoms with Crippen molar-refractivity contribution >= 4 is 11.9 Å². The van der Waals surface area contributed by atoms with Crippen LogP contribution in [0, 0.1) is 0 Å². The lowest BCUT2D eigenvalue weighted by Crippen LogP contribution is -2.46. The van der Waals surface area contributed by atoms with Crippen molar-refractivity contribution in [2.45, 2.75) is 334 Å². The number of ether oxygens (including phenoxy) is 1. The molecule has 1 amide bonds. The maximum atomic E-state index is 13.3. The van der Waals surface area contributed by atoms with Gasteiger partial charge in [0.05, 0.1) is 25.2 Å². The highest BCUT2D eigenvalue weighted by atomic mass is 16.5. The molecule has 0 aromatic rings. The van der Waals surface area contributed by atoms with Gasteiger partial charge in [-0.15, -0.1) is 0 Å². The Hall–Kier alpha value is -1.92. The van der Waals surface area contributed by atoms with Crippen molar-refractivity contribution in [1.29, 1.82) is 0 Å². The summed E-state index contributed by atoms with van der Waals surface area (Å²) in [5.41, 5.74) is 0. The Kier molecular flexibility index (Phi) is 53.4. The molecular weight excluding hydrogens is 827 g/mol. The second-order valence-electron chi connectivity index (χ2n) is 20.4. The van der Waals surface area contributed by atoms with Gasteiger partial charge in [0.2, 0.25) is 5.91 Å². The number of hydrogen-bond acceptors (Lipinski definition) is 5. The molecule has 0 aliphatic heterocycles. The van der Waals surface area contributed by atoms with Crippen LogP contribution in [0.2, 0.25) is 0 Å². The average Bonchev–Trinajstić information content (AvgIpc) is 3.32. The minimum atomic E-state index is -0.800. The van der Waals surface area contributed by atoms with Gasteiger partial charge in [0.15, 0.2) is 0 Å². The van der Waals surface area contributed by atoms with Crippen molar-refractivity contribution < 1.29 is 24.5 Å². The number of esters is 1. The molecule has 0 radical (unpaired) electrons. The third-order valence-electron chi connectivity index (χ3n) is 13.7. The molecule has 6 heteroatoms. The van der Waals surface area contributed by atoms with Gasteiger partial charge in [0.25, 0.3) is 0 Å². The predicted molar refractivity (Wildman–Crippen MR) is 292 cm³/mol. The van der Waals surface area contributed by atoms with Crippen LogP contribution in [-0.4, -0.2) is 46.9 Å². The molecule has 0 spiro atoms. The maximum absolute atomic E-state index is 13.3. The zero-order chi connectivity index (χ0) is 48.8. The van der Waals surface area contributed by atoms with E-state index in [2.05, 4.69) is 62.5 Å². The number of unbranched alkanes of at least 4 members (excludes halogenated alkanes) is 37. The Labute approximate surface area is 417 Å². The van der Waals surface area contributed by atoms with Gasteiger partial charge < -0.3 is 20.3 Å². The average molecular weight is 943 g/mol. The zero-order valence-corrected chi connectivity index (χ0v) is 45.0. The molecule has 3 unspecified atom stereocenters. The molecule has 0 aromatic heterocycles. The molecule has 67 heavy (non-hydrogen) atoms. The van der Waals surface area contributed by atoms with Crippen molar-refractivity contribution in [3.63, 3.8) is 0 Å². The highest BCUT2D eigenvalue weighted by Gasteiger charge is 2.24.